The van der Waals surface area contributed by atoms with E-state index in [1.165, 1.54) is 0 Å². The second-order valence-corrected chi connectivity index (χ2v) is 12.3. The molecule has 1 aromatic heterocycles. The van der Waals surface area contributed by atoms with Crippen LogP contribution in [0.2, 0.25) is 0 Å². The number of rotatable bonds is 8. The van der Waals surface area contributed by atoms with Crippen molar-refractivity contribution in [2.45, 2.75) is 51.5 Å². The van der Waals surface area contributed by atoms with Gasteiger partial charge in [0.15, 0.2) is 0 Å². The van der Waals surface area contributed by atoms with Crippen molar-refractivity contribution in [3.63, 3.8) is 0 Å². The van der Waals surface area contributed by atoms with Crippen molar-refractivity contribution in [3.05, 3.63) is 101 Å². The Morgan fingerprint density at radius 1 is 1.00 bits per heavy atom. The fraction of sp³-hybridized carbons (Fsp3) is 0.250. The fourth-order valence-electron chi connectivity index (χ4n) is 4.62. The maximum atomic E-state index is 13.2. The van der Waals surface area contributed by atoms with Gasteiger partial charge in [-0.25, -0.2) is 17.9 Å². The van der Waals surface area contributed by atoms with Gasteiger partial charge in [0.05, 0.1) is 28.7 Å². The molecule has 0 radical (unpaired) electrons. The first-order chi connectivity index (χ1) is 18.9. The quantitative estimate of drug-likeness (QED) is 0.245. The molecule has 206 valence electrons. The molecular weight excluding hydrogens is 522 g/mol. The van der Waals surface area contributed by atoms with Crippen molar-refractivity contribution in [2.24, 2.45) is 0 Å². The molecule has 0 atom stereocenters. The van der Waals surface area contributed by atoms with Crippen LogP contribution in [0.25, 0.3) is 22.3 Å². The molecule has 0 amide bonds. The number of esters is 1. The van der Waals surface area contributed by atoms with Gasteiger partial charge in [-0.15, -0.1) is 0 Å². The Morgan fingerprint density at radius 2 is 1.68 bits per heavy atom. The number of hydrogen-bond donors (Lipinski definition) is 2. The molecule has 0 fully saturated rings. The number of sulfonamides is 1. The number of carbonyl (C=O) groups excluding carboxylic acids is 1. The first-order valence-electron chi connectivity index (χ1n) is 13.0. The second-order valence-electron chi connectivity index (χ2n) is 10.7. The lowest BCUT2D eigenvalue weighted by Gasteiger charge is -2.22. The van der Waals surface area contributed by atoms with Crippen LogP contribution in [-0.4, -0.2) is 31.5 Å². The Labute approximate surface area is 235 Å². The number of nitriles is 1. The molecule has 0 saturated heterocycles. The Bertz CT molecular complexity index is 1690. The molecule has 0 aliphatic carbocycles. The van der Waals surface area contributed by atoms with Crippen LogP contribution in [0, 0.1) is 18.3 Å². The van der Waals surface area contributed by atoms with Crippen LogP contribution in [0.15, 0.2) is 77.8 Å². The van der Waals surface area contributed by atoms with Crippen LogP contribution in [0.5, 0.6) is 0 Å². The van der Waals surface area contributed by atoms with E-state index in [4.69, 9.17) is 4.74 Å². The first-order valence-corrected chi connectivity index (χ1v) is 14.5. The summed E-state index contributed by atoms with van der Waals surface area (Å²) < 4.78 is 34.6. The predicted molar refractivity (Wildman–Crippen MR) is 156 cm³/mol. The Hall–Kier alpha value is -4.19. The highest BCUT2D eigenvalue weighted by atomic mass is 32.2. The summed E-state index contributed by atoms with van der Waals surface area (Å²) in [6, 6.07) is 22.1. The molecule has 7 nitrogen and oxygen atoms in total. The zero-order chi connectivity index (χ0) is 29.1. The highest BCUT2D eigenvalue weighted by Crippen LogP contribution is 2.33. The number of aromatic nitrogens is 1. The number of nitrogens with zero attached hydrogens (tertiary/aromatic N) is 1. The van der Waals surface area contributed by atoms with Gasteiger partial charge in [-0.1, -0.05) is 54.1 Å². The molecule has 2 N–H and O–H groups in total. The normalized spacial score (nSPS) is 11.7. The number of nitrogens with one attached hydrogen (secondary N) is 2. The number of benzene rings is 3. The van der Waals surface area contributed by atoms with E-state index in [1.54, 1.807) is 58.2 Å². The number of carbonyl (C=O) groups is 1. The van der Waals surface area contributed by atoms with Crippen molar-refractivity contribution in [3.8, 4) is 28.3 Å². The van der Waals surface area contributed by atoms with E-state index in [-0.39, 0.29) is 11.5 Å². The van der Waals surface area contributed by atoms with Gasteiger partial charge in [0.2, 0.25) is 10.0 Å². The van der Waals surface area contributed by atoms with Gasteiger partial charge in [0, 0.05) is 35.0 Å². The van der Waals surface area contributed by atoms with Crippen LogP contribution in [0.3, 0.4) is 0 Å². The monoisotopic (exact) mass is 555 g/mol. The maximum absolute atomic E-state index is 13.2. The minimum Gasteiger partial charge on any atom is -0.462 e. The molecule has 0 aliphatic heterocycles. The maximum Gasteiger partial charge on any atom is 0.340 e. The summed E-state index contributed by atoms with van der Waals surface area (Å²) in [5.74, 6) is -0.436. The molecule has 0 bridgehead atoms. The molecule has 0 spiro atoms. The number of H-pyrrole nitrogens is 1. The van der Waals surface area contributed by atoms with Crippen LogP contribution in [0.4, 0.5) is 0 Å². The van der Waals surface area contributed by atoms with Gasteiger partial charge in [-0.05, 0) is 69.5 Å². The molecule has 0 saturated carbocycles. The molecule has 4 rings (SSSR count). The predicted octanol–water partition coefficient (Wildman–Crippen LogP) is 6.37. The number of hydrogen-bond acceptors (Lipinski definition) is 5. The minimum atomic E-state index is -3.77. The van der Waals surface area contributed by atoms with Crippen molar-refractivity contribution in [1.82, 2.24) is 9.71 Å². The van der Waals surface area contributed by atoms with Gasteiger partial charge in [0.25, 0.3) is 0 Å². The summed E-state index contributed by atoms with van der Waals surface area (Å²) in [7, 11) is -3.77. The summed E-state index contributed by atoms with van der Waals surface area (Å²) in [6.45, 7) is 9.33. The summed E-state index contributed by atoms with van der Waals surface area (Å²) >= 11 is 0. The minimum absolute atomic E-state index is 0.205. The molecule has 3 aromatic carbocycles. The van der Waals surface area contributed by atoms with E-state index in [2.05, 4.69) is 15.8 Å². The lowest BCUT2D eigenvalue weighted by Crippen LogP contribution is -2.40. The Morgan fingerprint density at radius 3 is 2.30 bits per heavy atom. The van der Waals surface area contributed by atoms with Crippen molar-refractivity contribution >= 4 is 16.0 Å². The number of ether oxygens (including phenoxy) is 1. The van der Waals surface area contributed by atoms with E-state index in [0.717, 1.165) is 22.3 Å². The average molecular weight is 556 g/mol. The van der Waals surface area contributed by atoms with Gasteiger partial charge in [0.1, 0.15) is 0 Å². The standard InChI is InChI=1S/C32H33N3O4S/c1-6-39-31(36)30-27(20-34-28(30)18-22-8-7-9-23(17-22)19-33)25-13-11-24(12-14-25)26-16-21(2)10-15-29(26)40(37,38)35-32(3,4)5/h7-17,20,34-35H,6,18H2,1-5H3. The van der Waals surface area contributed by atoms with Crippen molar-refractivity contribution in [2.75, 3.05) is 6.61 Å². The third-order valence-electron chi connectivity index (χ3n) is 6.25. The lowest BCUT2D eigenvalue weighted by atomic mass is 9.97. The Balaban J connectivity index is 1.74. The molecule has 0 unspecified atom stereocenters. The molecule has 8 heteroatoms. The van der Waals surface area contributed by atoms with Gasteiger partial charge in [-0.2, -0.15) is 5.26 Å². The third-order valence-corrected chi connectivity index (χ3v) is 8.07. The van der Waals surface area contributed by atoms with Crippen LogP contribution >= 0.6 is 0 Å². The lowest BCUT2D eigenvalue weighted by molar-refractivity contribution is 0.0526. The SMILES string of the molecule is CCOC(=O)c1c(-c2ccc(-c3cc(C)ccc3S(=O)(=O)NC(C)(C)C)cc2)c[nH]c1Cc1cccc(C#N)c1. The molecule has 1 heterocycles. The average Bonchev–Trinajstić information content (AvgIpc) is 3.31. The van der Waals surface area contributed by atoms with Gasteiger partial charge >= 0.3 is 5.97 Å². The highest BCUT2D eigenvalue weighted by molar-refractivity contribution is 7.89. The molecule has 4 aromatic rings. The Kier molecular flexibility index (Phi) is 8.29. The van der Waals surface area contributed by atoms with Gasteiger partial charge < -0.3 is 9.72 Å². The number of aryl methyl sites for hydroxylation is 1. The first kappa shape index (κ1) is 28.8. The summed E-state index contributed by atoms with van der Waals surface area (Å²) in [4.78, 5) is 16.5. The van der Waals surface area contributed by atoms with Crippen LogP contribution in [0.1, 0.15) is 60.4 Å². The third kappa shape index (κ3) is 6.50. The van der Waals surface area contributed by atoms with E-state index < -0.39 is 21.5 Å². The summed E-state index contributed by atoms with van der Waals surface area (Å²) in [6.07, 6.45) is 2.20. The second kappa shape index (κ2) is 11.5. The summed E-state index contributed by atoms with van der Waals surface area (Å²) in [5.41, 5.74) is 5.68. The zero-order valence-corrected chi connectivity index (χ0v) is 24.1. The highest BCUT2D eigenvalue weighted by Gasteiger charge is 2.26. The van der Waals surface area contributed by atoms with Crippen LogP contribution in [-0.2, 0) is 21.2 Å². The van der Waals surface area contributed by atoms with E-state index in [9.17, 15) is 18.5 Å². The molecular formula is C32H33N3O4S. The van der Waals surface area contributed by atoms with E-state index in [1.807, 2.05) is 49.4 Å². The topological polar surface area (TPSA) is 112 Å². The zero-order valence-electron chi connectivity index (χ0n) is 23.3. The summed E-state index contributed by atoms with van der Waals surface area (Å²) in [5, 5.41) is 9.26. The number of aromatic amines is 1. The molecule has 40 heavy (non-hydrogen) atoms. The van der Waals surface area contributed by atoms with E-state index in [0.29, 0.717) is 34.4 Å². The fourth-order valence-corrected chi connectivity index (χ4v) is 6.25. The smallest absolute Gasteiger partial charge is 0.340 e. The van der Waals surface area contributed by atoms with Gasteiger partial charge in [-0.3, -0.25) is 0 Å². The van der Waals surface area contributed by atoms with Crippen LogP contribution < -0.4 is 4.72 Å². The van der Waals surface area contributed by atoms with Crippen molar-refractivity contribution < 1.29 is 17.9 Å². The molecule has 0 aliphatic rings. The van der Waals surface area contributed by atoms with Crippen molar-refractivity contribution in [1.29, 1.82) is 5.26 Å². The largest absolute Gasteiger partial charge is 0.462 e. The van der Waals surface area contributed by atoms with E-state index >= 15 is 0 Å².